The Morgan fingerprint density at radius 3 is 2.38 bits per heavy atom. The third-order valence-electron chi connectivity index (χ3n) is 5.57. The van der Waals surface area contributed by atoms with Gasteiger partial charge in [-0.25, -0.2) is 14.4 Å². The highest BCUT2D eigenvalue weighted by atomic mass is 16.4. The number of carbonyl (C=O) groups is 3. The van der Waals surface area contributed by atoms with E-state index in [0.29, 0.717) is 11.3 Å². The van der Waals surface area contributed by atoms with Gasteiger partial charge in [0.2, 0.25) is 5.91 Å². The predicted molar refractivity (Wildman–Crippen MR) is 123 cm³/mol. The number of carbonyl (C=O) groups excluding carboxylic acids is 2. The maximum Gasteiger partial charge on any atom is 0.405 e. The fourth-order valence-corrected chi connectivity index (χ4v) is 3.77. The maximum atomic E-state index is 12.8. The number of nitrogens with zero attached hydrogens (tertiary/aromatic N) is 4. The smallest absolute Gasteiger partial charge is 0.405 e. The Hall–Kier alpha value is -3.93. The van der Waals surface area contributed by atoms with Crippen molar-refractivity contribution in [3.05, 3.63) is 52.6 Å². The number of aliphatic hydroxyl groups excluding tert-OH is 1. The first-order chi connectivity index (χ1) is 16.0. The predicted octanol–water partition coefficient (Wildman–Crippen LogP) is 0.836. The minimum Gasteiger partial charge on any atom is -0.465 e. The van der Waals surface area contributed by atoms with Crippen molar-refractivity contribution >= 4 is 23.8 Å². The van der Waals surface area contributed by atoms with Gasteiger partial charge in [0.1, 0.15) is 11.4 Å². The van der Waals surface area contributed by atoms with Crippen molar-refractivity contribution in [2.24, 2.45) is 0 Å². The van der Waals surface area contributed by atoms with E-state index in [1.807, 2.05) is 0 Å². The molecule has 2 aromatic rings. The molecule has 0 spiro atoms. The molecular formula is C22H28N6O6. The van der Waals surface area contributed by atoms with Crippen LogP contribution < -0.4 is 16.3 Å². The highest BCUT2D eigenvalue weighted by molar-refractivity contribution is 5.90. The molecule has 0 radical (unpaired) electrons. The quantitative estimate of drug-likeness (QED) is 0.502. The van der Waals surface area contributed by atoms with Crippen LogP contribution in [0.2, 0.25) is 0 Å². The Kier molecular flexibility index (Phi) is 7.20. The average Bonchev–Trinajstić information content (AvgIpc) is 2.77. The standard InChI is InChI=1S/C22H28N6O6/c1-14-12-26(18(30)22(2,3)25-21(33)34)10-11-27(14)19(31)23-17-8-9-28(20(32)24-17)16-6-4-15(13-29)5-7-16/h4-9,14,25,29H,10-13H2,1-3H3,(H,33,34)(H,23,24,31,32). The highest BCUT2D eigenvalue weighted by Crippen LogP contribution is 2.16. The van der Waals surface area contributed by atoms with E-state index in [0.717, 1.165) is 0 Å². The van der Waals surface area contributed by atoms with Gasteiger partial charge in [0.15, 0.2) is 0 Å². The number of nitrogens with one attached hydrogen (secondary N) is 2. The molecule has 4 N–H and O–H groups in total. The van der Waals surface area contributed by atoms with Crippen molar-refractivity contribution < 1.29 is 24.6 Å². The molecule has 1 aliphatic heterocycles. The van der Waals surface area contributed by atoms with Gasteiger partial charge in [-0.05, 0) is 44.5 Å². The van der Waals surface area contributed by atoms with E-state index in [2.05, 4.69) is 15.6 Å². The molecular weight excluding hydrogens is 444 g/mol. The zero-order valence-electron chi connectivity index (χ0n) is 19.2. The van der Waals surface area contributed by atoms with Gasteiger partial charge in [-0.2, -0.15) is 4.98 Å². The first-order valence-corrected chi connectivity index (χ1v) is 10.7. The summed E-state index contributed by atoms with van der Waals surface area (Å²) in [5, 5.41) is 22.9. The van der Waals surface area contributed by atoms with Crippen molar-refractivity contribution in [3.63, 3.8) is 0 Å². The lowest BCUT2D eigenvalue weighted by atomic mass is 10.0. The number of benzene rings is 1. The fourth-order valence-electron chi connectivity index (χ4n) is 3.77. The second-order valence-electron chi connectivity index (χ2n) is 8.57. The topological polar surface area (TPSA) is 157 Å². The zero-order valence-corrected chi connectivity index (χ0v) is 19.2. The lowest BCUT2D eigenvalue weighted by molar-refractivity contribution is -0.139. The summed E-state index contributed by atoms with van der Waals surface area (Å²) >= 11 is 0. The van der Waals surface area contributed by atoms with Gasteiger partial charge in [-0.1, -0.05) is 12.1 Å². The summed E-state index contributed by atoms with van der Waals surface area (Å²) in [5.41, 5.74) is -0.581. The van der Waals surface area contributed by atoms with Crippen LogP contribution in [0.1, 0.15) is 26.3 Å². The zero-order chi connectivity index (χ0) is 25.0. The van der Waals surface area contributed by atoms with E-state index in [4.69, 9.17) is 10.2 Å². The number of hydrogen-bond donors (Lipinski definition) is 4. The molecule has 1 aromatic carbocycles. The third-order valence-corrected chi connectivity index (χ3v) is 5.57. The minimum atomic E-state index is -1.29. The number of carboxylic acid groups (broad SMARTS) is 1. The summed E-state index contributed by atoms with van der Waals surface area (Å²) in [4.78, 5) is 55.9. The van der Waals surface area contributed by atoms with E-state index >= 15 is 0 Å². The summed E-state index contributed by atoms with van der Waals surface area (Å²) in [6, 6.07) is 7.46. The fraction of sp³-hybridized carbons (Fsp3) is 0.409. The SMILES string of the molecule is CC1CN(C(=O)C(C)(C)NC(=O)O)CCN1C(=O)Nc1ccn(-c2ccc(CO)cc2)c(=O)n1. The van der Waals surface area contributed by atoms with Crippen LogP contribution in [0.5, 0.6) is 0 Å². The van der Waals surface area contributed by atoms with Crippen molar-refractivity contribution in [2.75, 3.05) is 25.0 Å². The second kappa shape index (κ2) is 9.91. The number of aromatic nitrogens is 2. The number of amides is 4. The summed E-state index contributed by atoms with van der Waals surface area (Å²) in [5.74, 6) is -0.283. The van der Waals surface area contributed by atoms with Gasteiger partial charge < -0.3 is 25.3 Å². The third kappa shape index (κ3) is 5.52. The van der Waals surface area contributed by atoms with Crippen LogP contribution >= 0.6 is 0 Å². The van der Waals surface area contributed by atoms with Crippen LogP contribution in [0.3, 0.4) is 0 Å². The summed E-state index contributed by atoms with van der Waals surface area (Å²) in [6.07, 6.45) is 0.206. The largest absolute Gasteiger partial charge is 0.465 e. The number of urea groups is 1. The Labute approximate surface area is 195 Å². The molecule has 1 fully saturated rings. The lowest BCUT2D eigenvalue weighted by Gasteiger charge is -2.42. The maximum absolute atomic E-state index is 12.8. The Balaban J connectivity index is 1.64. The number of aliphatic hydroxyl groups is 1. The first kappa shape index (κ1) is 24.7. The molecule has 3 rings (SSSR count). The molecule has 0 aliphatic carbocycles. The number of piperazine rings is 1. The van der Waals surface area contributed by atoms with E-state index in [1.54, 1.807) is 31.2 Å². The summed E-state index contributed by atoms with van der Waals surface area (Å²) in [6.45, 7) is 5.35. The monoisotopic (exact) mass is 472 g/mol. The molecule has 34 heavy (non-hydrogen) atoms. The van der Waals surface area contributed by atoms with Crippen LogP contribution in [0.25, 0.3) is 5.69 Å². The second-order valence-corrected chi connectivity index (χ2v) is 8.57. The molecule has 1 atom stereocenters. The van der Waals surface area contributed by atoms with Crippen LogP contribution in [-0.4, -0.2) is 78.8 Å². The number of rotatable bonds is 5. The average molecular weight is 473 g/mol. The minimum absolute atomic E-state index is 0.0933. The van der Waals surface area contributed by atoms with Crippen molar-refractivity contribution in [3.8, 4) is 5.69 Å². The summed E-state index contributed by atoms with van der Waals surface area (Å²) in [7, 11) is 0. The normalized spacial score (nSPS) is 16.2. The lowest BCUT2D eigenvalue weighted by Crippen LogP contribution is -2.62. The van der Waals surface area contributed by atoms with Crippen molar-refractivity contribution in [1.29, 1.82) is 0 Å². The Bertz CT molecular complexity index is 1130. The van der Waals surface area contributed by atoms with Crippen LogP contribution in [0, 0.1) is 0 Å². The molecule has 2 heterocycles. The van der Waals surface area contributed by atoms with Gasteiger partial charge in [0.05, 0.1) is 12.3 Å². The highest BCUT2D eigenvalue weighted by Gasteiger charge is 2.37. The molecule has 1 aromatic heterocycles. The van der Waals surface area contributed by atoms with Crippen LogP contribution in [0.15, 0.2) is 41.3 Å². The molecule has 0 bridgehead atoms. The number of hydrogen-bond acceptors (Lipinski definition) is 6. The Morgan fingerprint density at radius 2 is 1.82 bits per heavy atom. The molecule has 12 heteroatoms. The molecule has 0 saturated carbocycles. The van der Waals surface area contributed by atoms with E-state index in [1.165, 1.54) is 40.5 Å². The molecule has 1 unspecified atom stereocenters. The molecule has 1 aliphatic rings. The Morgan fingerprint density at radius 1 is 1.15 bits per heavy atom. The number of anilines is 1. The van der Waals surface area contributed by atoms with Gasteiger partial charge in [-0.3, -0.25) is 14.7 Å². The van der Waals surface area contributed by atoms with Crippen molar-refractivity contribution in [2.45, 2.75) is 39.0 Å². The molecule has 1 saturated heterocycles. The van der Waals surface area contributed by atoms with E-state index in [-0.39, 0.29) is 44.0 Å². The molecule has 182 valence electrons. The van der Waals surface area contributed by atoms with Gasteiger partial charge >= 0.3 is 17.8 Å². The van der Waals surface area contributed by atoms with Crippen molar-refractivity contribution in [1.82, 2.24) is 24.7 Å². The molecule has 4 amide bonds. The van der Waals surface area contributed by atoms with Gasteiger partial charge in [0, 0.05) is 31.9 Å². The van der Waals surface area contributed by atoms with Crippen LogP contribution in [-0.2, 0) is 11.4 Å². The van der Waals surface area contributed by atoms with Gasteiger partial charge in [-0.15, -0.1) is 0 Å². The van der Waals surface area contributed by atoms with Crippen LogP contribution in [0.4, 0.5) is 15.4 Å². The van der Waals surface area contributed by atoms with Gasteiger partial charge in [0.25, 0.3) is 0 Å². The first-order valence-electron chi connectivity index (χ1n) is 10.7. The van der Waals surface area contributed by atoms with E-state index < -0.39 is 23.4 Å². The van der Waals surface area contributed by atoms with E-state index in [9.17, 15) is 19.2 Å². The summed E-state index contributed by atoms with van der Waals surface area (Å²) < 4.78 is 1.32. The molecule has 12 nitrogen and oxygen atoms in total.